The fourth-order valence-corrected chi connectivity index (χ4v) is 2.73. The number of nitrogens with zero attached hydrogens (tertiary/aromatic N) is 1. The molecule has 2 aromatic carbocycles. The molecular formula is C18H20N2O3. The fraction of sp³-hybridized carbons (Fsp3) is 0.278. The van der Waals surface area contributed by atoms with Gasteiger partial charge in [0.15, 0.2) is 0 Å². The summed E-state index contributed by atoms with van der Waals surface area (Å²) >= 11 is 0. The van der Waals surface area contributed by atoms with Crippen molar-refractivity contribution in [1.82, 2.24) is 4.90 Å². The first-order chi connectivity index (χ1) is 11.2. The van der Waals surface area contributed by atoms with Gasteiger partial charge in [0.05, 0.1) is 25.9 Å². The Bertz CT molecular complexity index is 715. The number of benzene rings is 2. The maximum Gasteiger partial charge on any atom is 0.257 e. The number of fused-ring (bicyclic) bond motifs is 1. The van der Waals surface area contributed by atoms with Gasteiger partial charge < -0.3 is 19.7 Å². The summed E-state index contributed by atoms with van der Waals surface area (Å²) < 4.78 is 10.5. The summed E-state index contributed by atoms with van der Waals surface area (Å²) in [4.78, 5) is 14.2. The Hall–Kier alpha value is -2.53. The molecule has 2 aromatic rings. The van der Waals surface area contributed by atoms with Crippen molar-refractivity contribution < 1.29 is 14.3 Å². The van der Waals surface area contributed by atoms with Crippen molar-refractivity contribution >= 4 is 11.6 Å². The number of amides is 1. The van der Waals surface area contributed by atoms with Gasteiger partial charge in [-0.1, -0.05) is 24.3 Å². The molecule has 120 valence electrons. The molecule has 0 spiro atoms. The highest BCUT2D eigenvalue weighted by Gasteiger charge is 2.24. The molecular weight excluding hydrogens is 292 g/mol. The van der Waals surface area contributed by atoms with Gasteiger partial charge in [0, 0.05) is 24.9 Å². The van der Waals surface area contributed by atoms with E-state index >= 15 is 0 Å². The van der Waals surface area contributed by atoms with Crippen LogP contribution < -0.4 is 10.1 Å². The normalized spacial score (nSPS) is 13.5. The van der Waals surface area contributed by atoms with Crippen LogP contribution in [0.1, 0.15) is 10.4 Å². The van der Waals surface area contributed by atoms with Gasteiger partial charge in [-0.05, 0) is 23.8 Å². The van der Waals surface area contributed by atoms with Crippen LogP contribution in [0.2, 0.25) is 0 Å². The second-order valence-corrected chi connectivity index (χ2v) is 5.36. The molecule has 0 unspecified atom stereocenters. The molecule has 5 nitrogen and oxygen atoms in total. The van der Waals surface area contributed by atoms with Crippen LogP contribution >= 0.6 is 0 Å². The molecule has 0 radical (unpaired) electrons. The molecule has 1 amide bonds. The second kappa shape index (κ2) is 6.71. The molecule has 1 aliphatic rings. The first-order valence-electron chi connectivity index (χ1n) is 7.54. The summed E-state index contributed by atoms with van der Waals surface area (Å²) in [6.07, 6.45) is 0. The quantitative estimate of drug-likeness (QED) is 0.922. The van der Waals surface area contributed by atoms with E-state index < -0.39 is 0 Å². The number of anilines is 1. The zero-order valence-corrected chi connectivity index (χ0v) is 13.3. The van der Waals surface area contributed by atoms with Gasteiger partial charge in [0.1, 0.15) is 5.75 Å². The van der Waals surface area contributed by atoms with Gasteiger partial charge in [-0.2, -0.15) is 0 Å². The molecule has 23 heavy (non-hydrogen) atoms. The van der Waals surface area contributed by atoms with E-state index in [9.17, 15) is 4.79 Å². The number of rotatable bonds is 5. The van der Waals surface area contributed by atoms with Gasteiger partial charge in [-0.25, -0.2) is 0 Å². The first kappa shape index (κ1) is 15.4. The summed E-state index contributed by atoms with van der Waals surface area (Å²) in [7, 11) is 3.29. The minimum atomic E-state index is 0.0300. The minimum Gasteiger partial charge on any atom is -0.496 e. The molecule has 0 bridgehead atoms. The number of nitrogens with one attached hydrogen (secondary N) is 1. The molecule has 1 heterocycles. The Morgan fingerprint density at radius 2 is 1.96 bits per heavy atom. The van der Waals surface area contributed by atoms with E-state index in [4.69, 9.17) is 9.47 Å². The van der Waals surface area contributed by atoms with E-state index in [1.807, 2.05) is 42.5 Å². The van der Waals surface area contributed by atoms with Crippen molar-refractivity contribution in [1.29, 1.82) is 0 Å². The third-order valence-corrected chi connectivity index (χ3v) is 3.98. The molecule has 0 atom stereocenters. The summed E-state index contributed by atoms with van der Waals surface area (Å²) in [5.74, 6) is 0.846. The monoisotopic (exact) mass is 312 g/mol. The lowest BCUT2D eigenvalue weighted by Gasteiger charge is -2.29. The largest absolute Gasteiger partial charge is 0.496 e. The Morgan fingerprint density at radius 1 is 1.13 bits per heavy atom. The summed E-state index contributed by atoms with van der Waals surface area (Å²) in [5, 5.41) is 3.31. The van der Waals surface area contributed by atoms with E-state index in [0.29, 0.717) is 25.4 Å². The highest BCUT2D eigenvalue weighted by atomic mass is 16.5. The lowest BCUT2D eigenvalue weighted by Crippen LogP contribution is -2.41. The zero-order chi connectivity index (χ0) is 16.2. The number of hydrogen-bond acceptors (Lipinski definition) is 4. The lowest BCUT2D eigenvalue weighted by atomic mass is 10.00. The minimum absolute atomic E-state index is 0.0300. The van der Waals surface area contributed by atoms with Crippen LogP contribution in [0.3, 0.4) is 0 Å². The Balaban J connectivity index is 1.91. The Kier molecular flexibility index (Phi) is 4.48. The Morgan fingerprint density at radius 3 is 2.74 bits per heavy atom. The standard InChI is InChI=1S/C18H20N2O3/c1-22-10-9-20-12-19-16-11-13(7-8-15(16)18(20)21)14-5-3-4-6-17(14)23-2/h3-8,11,19H,9-10,12H2,1-2H3. The van der Waals surface area contributed by atoms with Crippen LogP contribution in [0.15, 0.2) is 42.5 Å². The summed E-state index contributed by atoms with van der Waals surface area (Å²) in [6.45, 7) is 1.60. The van der Waals surface area contributed by atoms with Crippen LogP contribution in [0.5, 0.6) is 5.75 Å². The van der Waals surface area contributed by atoms with Crippen LogP contribution in [-0.2, 0) is 4.74 Å². The molecule has 1 N–H and O–H groups in total. The van der Waals surface area contributed by atoms with Gasteiger partial charge >= 0.3 is 0 Å². The number of carbonyl (C=O) groups excluding carboxylic acids is 1. The number of methoxy groups -OCH3 is 2. The van der Waals surface area contributed by atoms with Crippen molar-refractivity contribution in [3.8, 4) is 16.9 Å². The molecule has 0 aliphatic carbocycles. The predicted molar refractivity (Wildman–Crippen MR) is 89.8 cm³/mol. The molecule has 1 aliphatic heterocycles. The molecule has 0 aromatic heterocycles. The van der Waals surface area contributed by atoms with Gasteiger partial charge in [-0.15, -0.1) is 0 Å². The number of para-hydroxylation sites is 1. The van der Waals surface area contributed by atoms with Gasteiger partial charge in [-0.3, -0.25) is 4.79 Å². The third-order valence-electron chi connectivity index (χ3n) is 3.98. The van der Waals surface area contributed by atoms with E-state index in [-0.39, 0.29) is 5.91 Å². The van der Waals surface area contributed by atoms with Crippen molar-refractivity contribution in [2.24, 2.45) is 0 Å². The predicted octanol–water partition coefficient (Wildman–Crippen LogP) is 2.83. The zero-order valence-electron chi connectivity index (χ0n) is 13.3. The maximum atomic E-state index is 12.5. The molecule has 0 saturated heterocycles. The molecule has 5 heteroatoms. The van der Waals surface area contributed by atoms with Crippen LogP contribution in [0, 0.1) is 0 Å². The van der Waals surface area contributed by atoms with Crippen molar-refractivity contribution in [2.75, 3.05) is 39.4 Å². The van der Waals surface area contributed by atoms with Crippen molar-refractivity contribution in [3.63, 3.8) is 0 Å². The highest BCUT2D eigenvalue weighted by Crippen LogP contribution is 2.33. The first-order valence-corrected chi connectivity index (χ1v) is 7.54. The topological polar surface area (TPSA) is 50.8 Å². The molecule has 0 fully saturated rings. The van der Waals surface area contributed by atoms with E-state index in [2.05, 4.69) is 5.32 Å². The number of carbonyl (C=O) groups is 1. The van der Waals surface area contributed by atoms with Crippen LogP contribution in [-0.4, -0.2) is 44.8 Å². The van der Waals surface area contributed by atoms with Gasteiger partial charge in [0.25, 0.3) is 5.91 Å². The second-order valence-electron chi connectivity index (χ2n) is 5.36. The third kappa shape index (κ3) is 3.00. The van der Waals surface area contributed by atoms with Gasteiger partial charge in [0.2, 0.25) is 0 Å². The number of hydrogen-bond donors (Lipinski definition) is 1. The molecule has 0 saturated carbocycles. The van der Waals surface area contributed by atoms with Crippen LogP contribution in [0.25, 0.3) is 11.1 Å². The van der Waals surface area contributed by atoms with Crippen LogP contribution in [0.4, 0.5) is 5.69 Å². The Labute approximate surface area is 135 Å². The average Bonchev–Trinajstić information content (AvgIpc) is 2.61. The van der Waals surface area contributed by atoms with E-state index in [1.165, 1.54) is 0 Å². The maximum absolute atomic E-state index is 12.5. The average molecular weight is 312 g/mol. The number of ether oxygens (including phenoxy) is 2. The van der Waals surface area contributed by atoms with E-state index in [1.54, 1.807) is 19.1 Å². The van der Waals surface area contributed by atoms with Crippen molar-refractivity contribution in [3.05, 3.63) is 48.0 Å². The van der Waals surface area contributed by atoms with E-state index in [0.717, 1.165) is 22.6 Å². The fourth-order valence-electron chi connectivity index (χ4n) is 2.73. The summed E-state index contributed by atoms with van der Waals surface area (Å²) in [6, 6.07) is 13.7. The molecule has 3 rings (SSSR count). The lowest BCUT2D eigenvalue weighted by molar-refractivity contribution is 0.0700. The SMILES string of the molecule is COCCN1CNc2cc(-c3ccccc3OC)ccc2C1=O. The smallest absolute Gasteiger partial charge is 0.257 e. The highest BCUT2D eigenvalue weighted by molar-refractivity contribution is 6.02. The summed E-state index contributed by atoms with van der Waals surface area (Å²) in [5.41, 5.74) is 3.57. The van der Waals surface area contributed by atoms with Crippen molar-refractivity contribution in [2.45, 2.75) is 0 Å².